The third-order valence-corrected chi connectivity index (χ3v) is 8.16. The smallest absolute Gasteiger partial charge is 0.394 e. The fourth-order valence-electron chi connectivity index (χ4n) is 3.76. The number of amides is 1. The molecule has 2 fully saturated rings. The van der Waals surface area contributed by atoms with Crippen LogP contribution in [0.1, 0.15) is 13.2 Å². The Hall–Kier alpha value is -1.87. The van der Waals surface area contributed by atoms with Gasteiger partial charge in [0.2, 0.25) is 5.91 Å². The van der Waals surface area contributed by atoms with E-state index >= 15 is 0 Å². The van der Waals surface area contributed by atoms with E-state index in [2.05, 4.69) is 18.7 Å². The molecule has 2 aliphatic rings. The third-order valence-electron chi connectivity index (χ3n) is 5.56. The molecule has 1 amide bonds. The van der Waals surface area contributed by atoms with Crippen molar-refractivity contribution in [2.45, 2.75) is 62.1 Å². The second kappa shape index (κ2) is 12.3. The van der Waals surface area contributed by atoms with Gasteiger partial charge in [0, 0.05) is 19.2 Å². The van der Waals surface area contributed by atoms with Crippen molar-refractivity contribution in [1.29, 1.82) is 0 Å². The first-order valence-electron chi connectivity index (χ1n) is 11.0. The van der Waals surface area contributed by atoms with E-state index in [1.807, 2.05) is 4.98 Å². The SMILES string of the molecule is CC(=O)N[C@H]1C(O)[C@@H](O)C(CO)O[C@@H]1OP(=O)(O)OP(=O)(O)OCC1OC(n2ccc(=O)[nH]c2=O)C(O)C1O. The number of nitrogens with zero attached hydrogens (tertiary/aromatic N) is 1. The Morgan fingerprint density at radius 3 is 2.28 bits per heavy atom. The van der Waals surface area contributed by atoms with Gasteiger partial charge in [0.25, 0.3) is 5.56 Å². The van der Waals surface area contributed by atoms with Crippen molar-refractivity contribution in [3.8, 4) is 0 Å². The molecule has 222 valence electrons. The number of carbonyl (C=O) groups excluding carboxylic acids is 1. The quantitative estimate of drug-likeness (QED) is 0.113. The molecule has 3 heterocycles. The van der Waals surface area contributed by atoms with Gasteiger partial charge in [0.05, 0.1) is 13.2 Å². The molecule has 0 bridgehead atoms. The van der Waals surface area contributed by atoms with Gasteiger partial charge in [-0.05, 0) is 0 Å². The number of aliphatic hydroxyl groups excluding tert-OH is 5. The molecule has 8 unspecified atom stereocenters. The number of carbonyl (C=O) groups is 1. The van der Waals surface area contributed by atoms with Crippen LogP contribution in [0.4, 0.5) is 0 Å². The first kappa shape index (κ1) is 31.7. The van der Waals surface area contributed by atoms with Crippen LogP contribution in [0.3, 0.4) is 0 Å². The minimum atomic E-state index is -5.63. The number of H-pyrrole nitrogens is 1. The molecule has 0 saturated carbocycles. The summed E-state index contributed by atoms with van der Waals surface area (Å²) in [5.41, 5.74) is -1.75. The Kier molecular flexibility index (Phi) is 10.0. The number of hydrogen-bond donors (Lipinski definition) is 9. The fraction of sp³-hybridized carbons (Fsp3) is 0.706. The van der Waals surface area contributed by atoms with Gasteiger partial charge in [-0.15, -0.1) is 0 Å². The van der Waals surface area contributed by atoms with E-state index in [-0.39, 0.29) is 0 Å². The lowest BCUT2D eigenvalue weighted by molar-refractivity contribution is -0.247. The topological polar surface area (TPSA) is 306 Å². The molecule has 2 saturated heterocycles. The van der Waals surface area contributed by atoms with Crippen molar-refractivity contribution >= 4 is 21.6 Å². The van der Waals surface area contributed by atoms with Crippen LogP contribution in [0.2, 0.25) is 0 Å². The van der Waals surface area contributed by atoms with Crippen molar-refractivity contribution in [3.05, 3.63) is 33.1 Å². The van der Waals surface area contributed by atoms with E-state index in [0.717, 1.165) is 23.8 Å². The fourth-order valence-corrected chi connectivity index (χ4v) is 5.92. The van der Waals surface area contributed by atoms with Crippen LogP contribution < -0.4 is 16.6 Å². The molecular weight excluding hydrogens is 580 g/mol. The number of rotatable bonds is 10. The predicted molar refractivity (Wildman–Crippen MR) is 120 cm³/mol. The number of nitrogens with one attached hydrogen (secondary N) is 2. The predicted octanol–water partition coefficient (Wildman–Crippen LogP) is -4.65. The average molecular weight is 607 g/mol. The van der Waals surface area contributed by atoms with Gasteiger partial charge in [0.1, 0.15) is 42.7 Å². The number of hydrogen-bond acceptors (Lipinski definition) is 15. The number of phosphoric acid groups is 2. The lowest BCUT2D eigenvalue weighted by atomic mass is 9.97. The van der Waals surface area contributed by atoms with Crippen LogP contribution in [0, 0.1) is 0 Å². The molecule has 1 aromatic rings. The van der Waals surface area contributed by atoms with Crippen molar-refractivity contribution in [3.63, 3.8) is 0 Å². The molecule has 20 nitrogen and oxygen atoms in total. The molecule has 9 N–H and O–H groups in total. The molecule has 39 heavy (non-hydrogen) atoms. The van der Waals surface area contributed by atoms with Crippen molar-refractivity contribution in [2.75, 3.05) is 13.2 Å². The minimum absolute atomic E-state index is 0.723. The molecule has 0 spiro atoms. The number of phosphoric ester groups is 2. The van der Waals surface area contributed by atoms with E-state index in [1.54, 1.807) is 0 Å². The second-order valence-corrected chi connectivity index (χ2v) is 11.4. The Labute approximate surface area is 217 Å². The maximum absolute atomic E-state index is 12.4. The van der Waals surface area contributed by atoms with E-state index in [9.17, 15) is 58.8 Å². The Bertz CT molecular complexity index is 1240. The lowest BCUT2D eigenvalue weighted by Crippen LogP contribution is -2.64. The summed E-state index contributed by atoms with van der Waals surface area (Å²) in [6.07, 6.45) is -13.0. The maximum atomic E-state index is 12.4. The summed E-state index contributed by atoms with van der Waals surface area (Å²) in [5.74, 6) is -0.796. The van der Waals surface area contributed by atoms with Gasteiger partial charge in [-0.2, -0.15) is 4.31 Å². The van der Waals surface area contributed by atoms with E-state index < -0.39 is 101 Å². The largest absolute Gasteiger partial charge is 0.483 e. The van der Waals surface area contributed by atoms with Crippen LogP contribution >= 0.6 is 15.6 Å². The van der Waals surface area contributed by atoms with Crippen LogP contribution in [-0.2, 0) is 36.8 Å². The van der Waals surface area contributed by atoms with Crippen molar-refractivity contribution in [1.82, 2.24) is 14.9 Å². The zero-order chi connectivity index (χ0) is 29.3. The zero-order valence-electron chi connectivity index (χ0n) is 19.8. The van der Waals surface area contributed by atoms with Gasteiger partial charge in [-0.3, -0.25) is 28.2 Å². The second-order valence-electron chi connectivity index (χ2n) is 8.42. The van der Waals surface area contributed by atoms with E-state index in [4.69, 9.17) is 9.47 Å². The molecule has 11 atom stereocenters. The number of ether oxygens (including phenoxy) is 2. The van der Waals surface area contributed by atoms with Gasteiger partial charge in [0.15, 0.2) is 12.5 Å². The van der Waals surface area contributed by atoms with Gasteiger partial charge >= 0.3 is 21.3 Å². The normalized spacial score (nSPS) is 36.2. The molecule has 22 heteroatoms. The Morgan fingerprint density at radius 1 is 1.05 bits per heavy atom. The number of aromatic amines is 1. The molecule has 0 radical (unpaired) electrons. The molecule has 0 aromatic carbocycles. The summed E-state index contributed by atoms with van der Waals surface area (Å²) in [7, 11) is -11.1. The number of aromatic nitrogens is 2. The Morgan fingerprint density at radius 2 is 1.69 bits per heavy atom. The highest BCUT2D eigenvalue weighted by Crippen LogP contribution is 2.61. The standard InChI is InChI=1S/C17H27N3O17P2/c1-6(22)18-10-13(26)11(24)7(4-21)35-16(10)36-39(31,32)37-38(29,30)33-5-8-12(25)14(27)15(34-8)20-3-2-9(23)19-17(20)28/h2-3,7-8,10-16,21,24-27H,4-5H2,1H3,(H,18,22)(H,29,30)(H,31,32)(H,19,23,28)/t7?,8?,10-,11-,12?,13?,14?,15?,16+/m0/s1. The monoisotopic (exact) mass is 607 g/mol. The minimum Gasteiger partial charge on any atom is -0.394 e. The number of aliphatic hydroxyl groups is 5. The van der Waals surface area contributed by atoms with Crippen LogP contribution in [0.25, 0.3) is 0 Å². The summed E-state index contributed by atoms with van der Waals surface area (Å²) in [6, 6.07) is -0.766. The highest BCUT2D eigenvalue weighted by molar-refractivity contribution is 7.61. The van der Waals surface area contributed by atoms with Gasteiger partial charge < -0.3 is 50.1 Å². The van der Waals surface area contributed by atoms with Crippen LogP contribution in [0.5, 0.6) is 0 Å². The lowest BCUT2D eigenvalue weighted by Gasteiger charge is -2.42. The summed E-state index contributed by atoms with van der Waals surface area (Å²) in [4.78, 5) is 56.4. The van der Waals surface area contributed by atoms with Gasteiger partial charge in [-0.25, -0.2) is 13.9 Å². The van der Waals surface area contributed by atoms with Gasteiger partial charge in [-0.1, -0.05) is 0 Å². The molecular formula is C17H27N3O17P2. The third kappa shape index (κ3) is 7.66. The highest BCUT2D eigenvalue weighted by atomic mass is 31.3. The van der Waals surface area contributed by atoms with Crippen LogP contribution in [-0.4, -0.2) is 113 Å². The first-order chi connectivity index (χ1) is 18.0. The van der Waals surface area contributed by atoms with Crippen LogP contribution in [0.15, 0.2) is 21.9 Å². The van der Waals surface area contributed by atoms with Crippen molar-refractivity contribution in [2.24, 2.45) is 0 Å². The zero-order valence-corrected chi connectivity index (χ0v) is 21.6. The van der Waals surface area contributed by atoms with E-state index in [1.165, 1.54) is 0 Å². The summed E-state index contributed by atoms with van der Waals surface area (Å²) in [5, 5.41) is 51.9. The molecule has 3 rings (SSSR count). The summed E-state index contributed by atoms with van der Waals surface area (Å²) in [6.45, 7) is -0.940. The molecule has 1 aromatic heterocycles. The summed E-state index contributed by atoms with van der Waals surface area (Å²) >= 11 is 0. The first-order valence-corrected chi connectivity index (χ1v) is 14.0. The van der Waals surface area contributed by atoms with E-state index in [0.29, 0.717) is 0 Å². The average Bonchev–Trinajstić information content (AvgIpc) is 3.10. The summed E-state index contributed by atoms with van der Waals surface area (Å²) < 4.78 is 49.2. The maximum Gasteiger partial charge on any atom is 0.483 e. The molecule has 0 aliphatic carbocycles. The Balaban J connectivity index is 1.66. The van der Waals surface area contributed by atoms with Crippen molar-refractivity contribution < 1.29 is 72.1 Å². The molecule has 2 aliphatic heterocycles. The highest BCUT2D eigenvalue weighted by Gasteiger charge is 2.50.